The molecular formula is C20H32N2O2. The van der Waals surface area contributed by atoms with E-state index in [0.717, 1.165) is 31.7 Å². The number of nitrogens with one attached hydrogen (secondary N) is 2. The first-order valence-corrected chi connectivity index (χ1v) is 9.24. The SMILES string of the molecule is CC(C)c1cccc(C(C)C)c1NC(=O)CCNCC1CCCO1. The first kappa shape index (κ1) is 18.9. The van der Waals surface area contributed by atoms with E-state index in [1.54, 1.807) is 0 Å². The Labute approximate surface area is 146 Å². The van der Waals surface area contributed by atoms with Gasteiger partial charge in [0.1, 0.15) is 0 Å². The maximum absolute atomic E-state index is 12.4. The maximum Gasteiger partial charge on any atom is 0.225 e. The number of amides is 1. The molecule has 1 aliphatic rings. The largest absolute Gasteiger partial charge is 0.377 e. The topological polar surface area (TPSA) is 50.4 Å². The number of benzene rings is 1. The Morgan fingerprint density at radius 3 is 2.42 bits per heavy atom. The molecule has 0 bridgehead atoms. The molecule has 0 spiro atoms. The van der Waals surface area contributed by atoms with Crippen LogP contribution in [0.15, 0.2) is 18.2 Å². The van der Waals surface area contributed by atoms with Crippen LogP contribution in [0.25, 0.3) is 0 Å². The Kier molecular flexibility index (Phi) is 7.25. The van der Waals surface area contributed by atoms with Gasteiger partial charge in [0, 0.05) is 31.8 Å². The zero-order valence-corrected chi connectivity index (χ0v) is 15.5. The summed E-state index contributed by atoms with van der Waals surface area (Å²) in [4.78, 5) is 12.4. The highest BCUT2D eigenvalue weighted by Gasteiger charge is 2.17. The molecule has 4 nitrogen and oxygen atoms in total. The minimum atomic E-state index is 0.0739. The molecule has 1 amide bonds. The summed E-state index contributed by atoms with van der Waals surface area (Å²) in [6.07, 6.45) is 3.08. The fourth-order valence-corrected chi connectivity index (χ4v) is 3.17. The summed E-state index contributed by atoms with van der Waals surface area (Å²) in [5.41, 5.74) is 3.43. The van der Waals surface area contributed by atoms with Crippen molar-refractivity contribution in [3.8, 4) is 0 Å². The molecule has 1 saturated heterocycles. The van der Waals surface area contributed by atoms with Gasteiger partial charge in [-0.05, 0) is 35.8 Å². The summed E-state index contributed by atoms with van der Waals surface area (Å²) in [7, 11) is 0. The molecule has 1 atom stereocenters. The Morgan fingerprint density at radius 2 is 1.88 bits per heavy atom. The first-order valence-electron chi connectivity index (χ1n) is 9.24. The second-order valence-electron chi connectivity index (χ2n) is 7.26. The van der Waals surface area contributed by atoms with Crippen molar-refractivity contribution in [2.75, 3.05) is 25.0 Å². The van der Waals surface area contributed by atoms with E-state index in [1.165, 1.54) is 11.1 Å². The third-order valence-corrected chi connectivity index (χ3v) is 4.56. The number of rotatable bonds is 8. The van der Waals surface area contributed by atoms with E-state index in [-0.39, 0.29) is 5.91 Å². The molecule has 0 saturated carbocycles. The van der Waals surface area contributed by atoms with Crippen LogP contribution in [-0.2, 0) is 9.53 Å². The minimum Gasteiger partial charge on any atom is -0.377 e. The van der Waals surface area contributed by atoms with Crippen molar-refractivity contribution in [1.82, 2.24) is 5.32 Å². The smallest absolute Gasteiger partial charge is 0.225 e. The third kappa shape index (κ3) is 5.32. The molecule has 2 N–H and O–H groups in total. The van der Waals surface area contributed by atoms with Gasteiger partial charge in [0.15, 0.2) is 0 Å². The van der Waals surface area contributed by atoms with E-state index in [0.29, 0.717) is 30.9 Å². The molecule has 2 rings (SSSR count). The normalized spacial score (nSPS) is 17.7. The van der Waals surface area contributed by atoms with Crippen molar-refractivity contribution in [2.24, 2.45) is 0 Å². The average Bonchev–Trinajstić information content (AvgIpc) is 3.04. The predicted molar refractivity (Wildman–Crippen MR) is 99.7 cm³/mol. The molecule has 4 heteroatoms. The molecule has 1 aliphatic heterocycles. The Morgan fingerprint density at radius 1 is 1.21 bits per heavy atom. The molecule has 1 heterocycles. The van der Waals surface area contributed by atoms with Gasteiger partial charge in [-0.3, -0.25) is 4.79 Å². The molecule has 24 heavy (non-hydrogen) atoms. The van der Waals surface area contributed by atoms with E-state index < -0.39 is 0 Å². The van der Waals surface area contributed by atoms with Gasteiger partial charge in [-0.25, -0.2) is 0 Å². The van der Waals surface area contributed by atoms with Crippen molar-refractivity contribution < 1.29 is 9.53 Å². The second-order valence-corrected chi connectivity index (χ2v) is 7.26. The Bertz CT molecular complexity index is 508. The molecule has 1 aromatic carbocycles. The molecule has 0 aromatic heterocycles. The van der Waals surface area contributed by atoms with Gasteiger partial charge in [-0.15, -0.1) is 0 Å². The monoisotopic (exact) mass is 332 g/mol. The second kappa shape index (κ2) is 9.19. The van der Waals surface area contributed by atoms with Gasteiger partial charge in [-0.2, -0.15) is 0 Å². The van der Waals surface area contributed by atoms with Crippen molar-refractivity contribution >= 4 is 11.6 Å². The van der Waals surface area contributed by atoms with Crippen LogP contribution in [0, 0.1) is 0 Å². The van der Waals surface area contributed by atoms with Gasteiger partial charge >= 0.3 is 0 Å². The van der Waals surface area contributed by atoms with Gasteiger partial charge in [0.2, 0.25) is 5.91 Å². The lowest BCUT2D eigenvalue weighted by molar-refractivity contribution is -0.116. The van der Waals surface area contributed by atoms with E-state index in [4.69, 9.17) is 4.74 Å². The lowest BCUT2D eigenvalue weighted by Crippen LogP contribution is -2.29. The van der Waals surface area contributed by atoms with Gasteiger partial charge in [0.25, 0.3) is 0 Å². The average molecular weight is 332 g/mol. The maximum atomic E-state index is 12.4. The number of anilines is 1. The molecule has 134 valence electrons. The van der Waals surface area contributed by atoms with Crippen LogP contribution in [0.4, 0.5) is 5.69 Å². The summed E-state index contributed by atoms with van der Waals surface area (Å²) >= 11 is 0. The van der Waals surface area contributed by atoms with Crippen LogP contribution in [0.5, 0.6) is 0 Å². The van der Waals surface area contributed by atoms with E-state index in [2.05, 4.69) is 56.5 Å². The highest BCUT2D eigenvalue weighted by atomic mass is 16.5. The summed E-state index contributed by atoms with van der Waals surface area (Å²) in [6.45, 7) is 11.1. The molecule has 0 aliphatic carbocycles. The quantitative estimate of drug-likeness (QED) is 0.707. The van der Waals surface area contributed by atoms with Crippen LogP contribution < -0.4 is 10.6 Å². The molecule has 1 fully saturated rings. The van der Waals surface area contributed by atoms with Crippen molar-refractivity contribution in [3.05, 3.63) is 29.3 Å². The van der Waals surface area contributed by atoms with E-state index in [9.17, 15) is 4.79 Å². The lowest BCUT2D eigenvalue weighted by atomic mass is 9.92. The van der Waals surface area contributed by atoms with Gasteiger partial charge in [0.05, 0.1) is 6.10 Å². The van der Waals surface area contributed by atoms with Crippen molar-refractivity contribution in [3.63, 3.8) is 0 Å². The van der Waals surface area contributed by atoms with Gasteiger partial charge < -0.3 is 15.4 Å². The van der Waals surface area contributed by atoms with E-state index in [1.807, 2.05) is 0 Å². The van der Waals surface area contributed by atoms with Crippen molar-refractivity contribution in [2.45, 2.75) is 64.9 Å². The highest BCUT2D eigenvalue weighted by Crippen LogP contribution is 2.32. The summed E-state index contributed by atoms with van der Waals surface area (Å²) in [5, 5.41) is 6.49. The number of para-hydroxylation sites is 1. The number of carbonyl (C=O) groups excluding carboxylic acids is 1. The molecule has 1 aromatic rings. The predicted octanol–water partition coefficient (Wildman–Crippen LogP) is 4.03. The Balaban J connectivity index is 1.90. The number of hydrogen-bond acceptors (Lipinski definition) is 3. The van der Waals surface area contributed by atoms with Crippen LogP contribution in [0.2, 0.25) is 0 Å². The standard InChI is InChI=1S/C20H32N2O2/c1-14(2)17-8-5-9-18(15(3)4)20(17)22-19(23)10-11-21-13-16-7-6-12-24-16/h5,8-9,14-16,21H,6-7,10-13H2,1-4H3,(H,22,23). The van der Waals surface area contributed by atoms with Crippen LogP contribution in [-0.4, -0.2) is 31.7 Å². The van der Waals surface area contributed by atoms with Crippen LogP contribution in [0.1, 0.15) is 69.9 Å². The number of ether oxygens (including phenoxy) is 1. The minimum absolute atomic E-state index is 0.0739. The summed E-state index contributed by atoms with van der Waals surface area (Å²) in [6, 6.07) is 6.31. The Hall–Kier alpha value is -1.39. The fourth-order valence-electron chi connectivity index (χ4n) is 3.17. The van der Waals surface area contributed by atoms with Crippen LogP contribution >= 0.6 is 0 Å². The summed E-state index contributed by atoms with van der Waals surface area (Å²) < 4.78 is 5.58. The first-order chi connectivity index (χ1) is 11.5. The summed E-state index contributed by atoms with van der Waals surface area (Å²) in [5.74, 6) is 0.845. The van der Waals surface area contributed by atoms with Crippen molar-refractivity contribution in [1.29, 1.82) is 0 Å². The fraction of sp³-hybridized carbons (Fsp3) is 0.650. The van der Waals surface area contributed by atoms with Crippen LogP contribution in [0.3, 0.4) is 0 Å². The third-order valence-electron chi connectivity index (χ3n) is 4.56. The zero-order valence-electron chi connectivity index (χ0n) is 15.5. The molecule has 1 unspecified atom stereocenters. The van der Waals surface area contributed by atoms with Gasteiger partial charge in [-0.1, -0.05) is 45.9 Å². The van der Waals surface area contributed by atoms with E-state index >= 15 is 0 Å². The highest BCUT2D eigenvalue weighted by molar-refractivity contribution is 5.92. The zero-order chi connectivity index (χ0) is 17.5. The number of carbonyl (C=O) groups is 1. The molecule has 0 radical (unpaired) electrons. The number of hydrogen-bond donors (Lipinski definition) is 2. The lowest BCUT2D eigenvalue weighted by Gasteiger charge is -2.20. The molecular weight excluding hydrogens is 300 g/mol.